The highest BCUT2D eigenvalue weighted by Crippen LogP contribution is 2.24. The zero-order valence-electron chi connectivity index (χ0n) is 14.7. The number of amides is 2. The maximum absolute atomic E-state index is 12.6. The lowest BCUT2D eigenvalue weighted by atomic mass is 10.1. The van der Waals surface area contributed by atoms with Crippen LogP contribution in [0, 0.1) is 6.92 Å². The van der Waals surface area contributed by atoms with Crippen LogP contribution < -0.4 is 4.74 Å². The van der Waals surface area contributed by atoms with E-state index in [1.165, 1.54) is 6.07 Å². The largest absolute Gasteiger partial charge is 0.504 e. The van der Waals surface area contributed by atoms with Crippen molar-refractivity contribution in [1.29, 1.82) is 0 Å². The van der Waals surface area contributed by atoms with E-state index < -0.39 is 0 Å². The van der Waals surface area contributed by atoms with Crippen LogP contribution in [-0.4, -0.2) is 59.5 Å². The van der Waals surface area contributed by atoms with E-state index in [2.05, 4.69) is 0 Å². The molecule has 0 aliphatic carbocycles. The maximum atomic E-state index is 12.6. The van der Waals surface area contributed by atoms with Gasteiger partial charge in [0.1, 0.15) is 0 Å². The molecule has 1 aliphatic rings. The molecule has 1 fully saturated rings. The number of piperazine rings is 1. The van der Waals surface area contributed by atoms with Crippen molar-refractivity contribution in [2.24, 2.45) is 0 Å². The third kappa shape index (κ3) is 3.96. The Morgan fingerprint density at radius 1 is 0.962 bits per heavy atom. The van der Waals surface area contributed by atoms with E-state index in [1.807, 2.05) is 31.2 Å². The fourth-order valence-corrected chi connectivity index (χ4v) is 2.95. The molecule has 0 spiro atoms. The van der Waals surface area contributed by atoms with Crippen molar-refractivity contribution in [1.82, 2.24) is 9.80 Å². The number of rotatable bonds is 4. The second kappa shape index (κ2) is 7.91. The number of aromatic hydroxyl groups is 1. The molecule has 1 saturated heterocycles. The van der Waals surface area contributed by atoms with Crippen LogP contribution in [0.2, 0.25) is 0 Å². The normalized spacial score (nSPS) is 14.2. The fraction of sp³-hybridized carbons (Fsp3) is 0.300. The number of benzene rings is 2. The van der Waals surface area contributed by atoms with Gasteiger partial charge in [-0.05, 0) is 30.7 Å². The standard InChI is InChI=1S/C20H22N2O4/c1-15-6-2-3-7-16(15)20(25)22-12-10-21(11-13-22)19(24)14-26-18-9-5-4-8-17(18)23/h2-9,23H,10-14H2,1H3. The zero-order chi connectivity index (χ0) is 18.5. The van der Waals surface area contributed by atoms with Gasteiger partial charge in [0.25, 0.3) is 11.8 Å². The van der Waals surface area contributed by atoms with Gasteiger partial charge in [0.05, 0.1) is 0 Å². The summed E-state index contributed by atoms with van der Waals surface area (Å²) in [6.45, 7) is 3.72. The lowest BCUT2D eigenvalue weighted by Gasteiger charge is -2.35. The lowest BCUT2D eigenvalue weighted by Crippen LogP contribution is -2.51. The fourth-order valence-electron chi connectivity index (χ4n) is 2.95. The molecule has 3 rings (SSSR count). The lowest BCUT2D eigenvalue weighted by molar-refractivity contribution is -0.134. The summed E-state index contributed by atoms with van der Waals surface area (Å²) < 4.78 is 5.39. The number of carbonyl (C=O) groups excluding carboxylic acids is 2. The van der Waals surface area contributed by atoms with Crippen LogP contribution in [0.5, 0.6) is 11.5 Å². The van der Waals surface area contributed by atoms with Crippen molar-refractivity contribution in [3.63, 3.8) is 0 Å². The maximum Gasteiger partial charge on any atom is 0.260 e. The predicted molar refractivity (Wildman–Crippen MR) is 97.3 cm³/mol. The van der Waals surface area contributed by atoms with E-state index in [9.17, 15) is 14.7 Å². The number of aryl methyl sites for hydroxylation is 1. The summed E-state index contributed by atoms with van der Waals surface area (Å²) in [5.74, 6) is 0.139. The molecule has 0 atom stereocenters. The third-order valence-corrected chi connectivity index (χ3v) is 4.51. The molecule has 1 N–H and O–H groups in total. The molecule has 0 unspecified atom stereocenters. The van der Waals surface area contributed by atoms with Crippen LogP contribution in [0.25, 0.3) is 0 Å². The van der Waals surface area contributed by atoms with Crippen LogP contribution in [0.4, 0.5) is 0 Å². The molecule has 136 valence electrons. The molecule has 6 nitrogen and oxygen atoms in total. The van der Waals surface area contributed by atoms with Crippen molar-refractivity contribution in [3.05, 3.63) is 59.7 Å². The van der Waals surface area contributed by atoms with E-state index in [0.29, 0.717) is 31.7 Å². The number of phenolic OH excluding ortho intramolecular Hbond substituents is 1. The van der Waals surface area contributed by atoms with Crippen molar-refractivity contribution >= 4 is 11.8 Å². The molecule has 2 aromatic carbocycles. The van der Waals surface area contributed by atoms with Crippen molar-refractivity contribution in [3.8, 4) is 11.5 Å². The summed E-state index contributed by atoms with van der Waals surface area (Å²) >= 11 is 0. The minimum Gasteiger partial charge on any atom is -0.504 e. The van der Waals surface area contributed by atoms with Gasteiger partial charge < -0.3 is 19.6 Å². The Bertz CT molecular complexity index is 798. The minimum atomic E-state index is -0.156. The summed E-state index contributed by atoms with van der Waals surface area (Å²) in [6, 6.07) is 14.1. The molecular formula is C20H22N2O4. The summed E-state index contributed by atoms with van der Waals surface area (Å²) in [7, 11) is 0. The second-order valence-electron chi connectivity index (χ2n) is 6.24. The van der Waals surface area contributed by atoms with Crippen LogP contribution in [0.15, 0.2) is 48.5 Å². The highest BCUT2D eigenvalue weighted by atomic mass is 16.5. The number of phenols is 1. The van der Waals surface area contributed by atoms with Gasteiger partial charge in [-0.2, -0.15) is 0 Å². The van der Waals surface area contributed by atoms with Gasteiger partial charge in [0, 0.05) is 31.7 Å². The Kier molecular flexibility index (Phi) is 5.41. The molecule has 0 saturated carbocycles. The molecule has 2 amide bonds. The van der Waals surface area contributed by atoms with E-state index in [0.717, 1.165) is 5.56 Å². The van der Waals surface area contributed by atoms with Gasteiger partial charge in [0.2, 0.25) is 0 Å². The van der Waals surface area contributed by atoms with Crippen molar-refractivity contribution < 1.29 is 19.4 Å². The smallest absolute Gasteiger partial charge is 0.260 e. The first kappa shape index (κ1) is 17.8. The molecule has 0 bridgehead atoms. The Morgan fingerprint density at radius 3 is 2.27 bits per heavy atom. The minimum absolute atomic E-state index is 0.000608. The molecular weight excluding hydrogens is 332 g/mol. The Morgan fingerprint density at radius 2 is 1.58 bits per heavy atom. The first-order valence-electron chi connectivity index (χ1n) is 8.60. The Balaban J connectivity index is 1.52. The highest BCUT2D eigenvalue weighted by molar-refractivity contribution is 5.95. The average Bonchev–Trinajstić information content (AvgIpc) is 2.67. The monoisotopic (exact) mass is 354 g/mol. The van der Waals surface area contributed by atoms with Crippen LogP contribution in [0.3, 0.4) is 0 Å². The Hall–Kier alpha value is -3.02. The van der Waals surface area contributed by atoms with Gasteiger partial charge in [-0.25, -0.2) is 0 Å². The zero-order valence-corrected chi connectivity index (χ0v) is 14.7. The Labute approximate surface area is 152 Å². The number of hydrogen-bond donors (Lipinski definition) is 1. The van der Waals surface area contributed by atoms with Gasteiger partial charge in [0.15, 0.2) is 18.1 Å². The second-order valence-corrected chi connectivity index (χ2v) is 6.24. The van der Waals surface area contributed by atoms with Gasteiger partial charge in [-0.15, -0.1) is 0 Å². The SMILES string of the molecule is Cc1ccccc1C(=O)N1CCN(C(=O)COc2ccccc2O)CC1. The van der Waals surface area contributed by atoms with E-state index >= 15 is 0 Å². The molecule has 2 aromatic rings. The molecule has 0 radical (unpaired) electrons. The van der Waals surface area contributed by atoms with Crippen LogP contribution >= 0.6 is 0 Å². The van der Waals surface area contributed by atoms with E-state index in [4.69, 9.17) is 4.74 Å². The highest BCUT2D eigenvalue weighted by Gasteiger charge is 2.25. The van der Waals surface area contributed by atoms with Crippen molar-refractivity contribution in [2.45, 2.75) is 6.92 Å². The topological polar surface area (TPSA) is 70.1 Å². The number of para-hydroxylation sites is 2. The van der Waals surface area contributed by atoms with E-state index in [-0.39, 0.29) is 29.9 Å². The summed E-state index contributed by atoms with van der Waals surface area (Å²) in [6.07, 6.45) is 0. The first-order chi connectivity index (χ1) is 12.6. The molecule has 1 heterocycles. The molecule has 6 heteroatoms. The van der Waals surface area contributed by atoms with Gasteiger partial charge in [-0.3, -0.25) is 9.59 Å². The molecule has 1 aliphatic heterocycles. The number of nitrogens with zero attached hydrogens (tertiary/aromatic N) is 2. The first-order valence-corrected chi connectivity index (χ1v) is 8.60. The third-order valence-electron chi connectivity index (χ3n) is 4.51. The average molecular weight is 354 g/mol. The van der Waals surface area contributed by atoms with Gasteiger partial charge in [-0.1, -0.05) is 30.3 Å². The van der Waals surface area contributed by atoms with Crippen LogP contribution in [-0.2, 0) is 4.79 Å². The number of ether oxygens (including phenoxy) is 1. The van der Waals surface area contributed by atoms with Gasteiger partial charge >= 0.3 is 0 Å². The van der Waals surface area contributed by atoms with E-state index in [1.54, 1.807) is 28.0 Å². The summed E-state index contributed by atoms with van der Waals surface area (Å²) in [5, 5.41) is 9.67. The van der Waals surface area contributed by atoms with Crippen molar-refractivity contribution in [2.75, 3.05) is 32.8 Å². The molecule has 0 aromatic heterocycles. The quantitative estimate of drug-likeness (QED) is 0.912. The summed E-state index contributed by atoms with van der Waals surface area (Å²) in [4.78, 5) is 28.4. The number of carbonyl (C=O) groups is 2. The summed E-state index contributed by atoms with van der Waals surface area (Å²) in [5.41, 5.74) is 1.65. The number of hydrogen-bond acceptors (Lipinski definition) is 4. The predicted octanol–water partition coefficient (Wildman–Crippen LogP) is 2.06. The molecule has 26 heavy (non-hydrogen) atoms. The van der Waals surface area contributed by atoms with Crippen LogP contribution in [0.1, 0.15) is 15.9 Å².